The Morgan fingerprint density at radius 2 is 1.91 bits per heavy atom. The van der Waals surface area contributed by atoms with Gasteiger partial charge in [-0.05, 0) is 49.4 Å². The van der Waals surface area contributed by atoms with Crippen LogP contribution in [0.3, 0.4) is 0 Å². The molecule has 12 heteroatoms. The number of hydrogen-bond donors (Lipinski definition) is 6. The fourth-order valence-electron chi connectivity index (χ4n) is 3.38. The number of nitrogens with two attached hydrogens (primary N) is 1. The van der Waals surface area contributed by atoms with Crippen molar-refractivity contribution in [2.45, 2.75) is 38.1 Å². The van der Waals surface area contributed by atoms with Gasteiger partial charge in [-0.2, -0.15) is 0 Å². The predicted molar refractivity (Wildman–Crippen MR) is 119 cm³/mol. The molecule has 0 bridgehead atoms. The van der Waals surface area contributed by atoms with Crippen LogP contribution in [0.25, 0.3) is 0 Å². The molecule has 0 aliphatic carbocycles. The SMILES string of the molecule is N=C(N)Nc1ccc2c(c1)CCCCc1sc(C(=O)NC(CC(=O)O)C(=O)O)cc1OC2=O. The third kappa shape index (κ3) is 6.07. The lowest BCUT2D eigenvalue weighted by molar-refractivity contribution is -0.145. The second kappa shape index (κ2) is 10.1. The van der Waals surface area contributed by atoms with E-state index in [1.807, 2.05) is 0 Å². The Kier molecular flexibility index (Phi) is 7.28. The van der Waals surface area contributed by atoms with Gasteiger partial charge >= 0.3 is 17.9 Å². The van der Waals surface area contributed by atoms with Crippen molar-refractivity contribution in [1.29, 1.82) is 5.41 Å². The van der Waals surface area contributed by atoms with Gasteiger partial charge in [0.15, 0.2) is 5.96 Å². The summed E-state index contributed by atoms with van der Waals surface area (Å²) in [4.78, 5) is 48.3. The van der Waals surface area contributed by atoms with Gasteiger partial charge in [0.05, 0.1) is 16.9 Å². The number of rotatable bonds is 6. The molecule has 0 radical (unpaired) electrons. The Labute approximate surface area is 192 Å². The van der Waals surface area contributed by atoms with Crippen LogP contribution in [-0.2, 0) is 22.4 Å². The van der Waals surface area contributed by atoms with Crippen molar-refractivity contribution in [3.05, 3.63) is 45.1 Å². The van der Waals surface area contributed by atoms with Crippen LogP contribution in [-0.4, -0.2) is 46.0 Å². The molecule has 1 aliphatic heterocycles. The largest absolute Gasteiger partial charge is 0.481 e. The summed E-state index contributed by atoms with van der Waals surface area (Å²) in [6, 6.07) is 4.70. The summed E-state index contributed by atoms with van der Waals surface area (Å²) in [7, 11) is 0. The second-order valence-electron chi connectivity index (χ2n) is 7.37. The van der Waals surface area contributed by atoms with E-state index in [9.17, 15) is 19.2 Å². The average Bonchev–Trinajstić information content (AvgIpc) is 3.12. The highest BCUT2D eigenvalue weighted by Crippen LogP contribution is 2.33. The van der Waals surface area contributed by atoms with Gasteiger partial charge in [0.25, 0.3) is 5.91 Å². The monoisotopic (exact) mass is 474 g/mol. The Morgan fingerprint density at radius 3 is 2.58 bits per heavy atom. The van der Waals surface area contributed by atoms with Crippen molar-refractivity contribution >= 4 is 46.8 Å². The summed E-state index contributed by atoms with van der Waals surface area (Å²) in [5.74, 6) is -4.20. The van der Waals surface area contributed by atoms with Crippen LogP contribution in [0.1, 0.15) is 49.7 Å². The molecule has 33 heavy (non-hydrogen) atoms. The van der Waals surface area contributed by atoms with Crippen molar-refractivity contribution in [3.63, 3.8) is 0 Å². The van der Waals surface area contributed by atoms with Gasteiger partial charge in [0, 0.05) is 16.6 Å². The first-order chi connectivity index (χ1) is 15.6. The fourth-order valence-corrected chi connectivity index (χ4v) is 4.41. The predicted octanol–water partition coefficient (Wildman–Crippen LogP) is 1.81. The standard InChI is InChI=1S/C21H22N4O7S/c22-21(23)24-11-5-6-12-10(7-11)3-1-2-4-15-14(32-20(12)31)9-16(33-15)18(28)25-13(19(29)30)8-17(26)27/h5-7,9,13H,1-4,8H2,(H,25,28)(H,26,27)(H,29,30)(H4,22,23,24). The topological polar surface area (TPSA) is 192 Å². The zero-order valence-corrected chi connectivity index (χ0v) is 18.2. The minimum Gasteiger partial charge on any atom is -0.481 e. The van der Waals surface area contributed by atoms with E-state index in [-0.39, 0.29) is 16.6 Å². The lowest BCUT2D eigenvalue weighted by atomic mass is 9.99. The Morgan fingerprint density at radius 1 is 1.18 bits per heavy atom. The molecule has 0 saturated carbocycles. The molecule has 0 saturated heterocycles. The summed E-state index contributed by atoms with van der Waals surface area (Å²) in [6.45, 7) is 0. The molecule has 2 aromatic rings. The number of carboxylic acid groups (broad SMARTS) is 2. The van der Waals surface area contributed by atoms with E-state index in [2.05, 4.69) is 10.6 Å². The van der Waals surface area contributed by atoms with Crippen molar-refractivity contribution in [2.24, 2.45) is 5.73 Å². The zero-order chi connectivity index (χ0) is 24.1. The molecule has 1 aromatic heterocycles. The van der Waals surface area contributed by atoms with E-state index in [0.29, 0.717) is 29.0 Å². The summed E-state index contributed by atoms with van der Waals surface area (Å²) in [5, 5.41) is 30.2. The molecule has 11 nitrogen and oxygen atoms in total. The number of fused-ring (bicyclic) bond motifs is 2. The van der Waals surface area contributed by atoms with E-state index in [1.165, 1.54) is 6.07 Å². The zero-order valence-electron chi connectivity index (χ0n) is 17.3. The number of carboxylic acids is 2. The molecule has 1 amide bonds. The van der Waals surface area contributed by atoms with E-state index < -0.39 is 36.3 Å². The van der Waals surface area contributed by atoms with Gasteiger partial charge in [-0.3, -0.25) is 15.0 Å². The molecule has 0 spiro atoms. The van der Waals surface area contributed by atoms with Crippen molar-refractivity contribution in [1.82, 2.24) is 5.32 Å². The first-order valence-corrected chi connectivity index (χ1v) is 10.8. The van der Waals surface area contributed by atoms with Crippen molar-refractivity contribution < 1.29 is 34.1 Å². The minimum absolute atomic E-state index is 0.116. The van der Waals surface area contributed by atoms with E-state index in [1.54, 1.807) is 18.2 Å². The van der Waals surface area contributed by atoms with Gasteiger partial charge in [-0.15, -0.1) is 11.3 Å². The minimum atomic E-state index is -1.58. The average molecular weight is 474 g/mol. The molecule has 7 N–H and O–H groups in total. The maximum Gasteiger partial charge on any atom is 0.343 e. The fraction of sp³-hybridized carbons (Fsp3) is 0.286. The highest BCUT2D eigenvalue weighted by atomic mass is 32.1. The lowest BCUT2D eigenvalue weighted by Gasteiger charge is -2.14. The second-order valence-corrected chi connectivity index (χ2v) is 8.50. The number of aryl methyl sites for hydroxylation is 2. The van der Waals surface area contributed by atoms with Crippen LogP contribution in [0.2, 0.25) is 0 Å². The first-order valence-electron chi connectivity index (χ1n) is 9.98. The number of esters is 1. The van der Waals surface area contributed by atoms with E-state index >= 15 is 0 Å². The number of guanidine groups is 1. The summed E-state index contributed by atoms with van der Waals surface area (Å²) in [5.41, 5.74) is 7.03. The maximum atomic E-state index is 12.8. The molecular weight excluding hydrogens is 452 g/mol. The van der Waals surface area contributed by atoms with Gasteiger partial charge in [-0.25, -0.2) is 9.59 Å². The number of carbonyl (C=O) groups excluding carboxylic acids is 2. The lowest BCUT2D eigenvalue weighted by Crippen LogP contribution is -2.41. The summed E-state index contributed by atoms with van der Waals surface area (Å²) in [6.07, 6.45) is 1.87. The summed E-state index contributed by atoms with van der Waals surface area (Å²) < 4.78 is 5.56. The Balaban J connectivity index is 1.84. The molecule has 1 atom stereocenters. The quantitative estimate of drug-likeness (QED) is 0.206. The number of ether oxygens (including phenoxy) is 1. The molecule has 3 rings (SSSR count). The van der Waals surface area contributed by atoms with E-state index in [4.69, 9.17) is 26.1 Å². The number of amides is 1. The third-order valence-corrected chi connectivity index (χ3v) is 6.06. The Bertz CT molecular complexity index is 1130. The van der Waals surface area contributed by atoms with Crippen LogP contribution in [0.15, 0.2) is 24.3 Å². The van der Waals surface area contributed by atoms with Crippen LogP contribution in [0.4, 0.5) is 5.69 Å². The van der Waals surface area contributed by atoms with Crippen molar-refractivity contribution in [3.8, 4) is 5.75 Å². The van der Waals surface area contributed by atoms with Gasteiger partial charge < -0.3 is 31.3 Å². The van der Waals surface area contributed by atoms with Gasteiger partial charge in [0.2, 0.25) is 0 Å². The maximum absolute atomic E-state index is 12.8. The highest BCUT2D eigenvalue weighted by molar-refractivity contribution is 7.14. The van der Waals surface area contributed by atoms with E-state index in [0.717, 1.165) is 29.7 Å². The summed E-state index contributed by atoms with van der Waals surface area (Å²) >= 11 is 1.07. The number of aliphatic carboxylic acids is 2. The highest BCUT2D eigenvalue weighted by Gasteiger charge is 2.26. The number of anilines is 1. The number of benzene rings is 1. The smallest absolute Gasteiger partial charge is 0.343 e. The van der Waals surface area contributed by atoms with Crippen LogP contribution in [0, 0.1) is 5.41 Å². The molecule has 0 fully saturated rings. The van der Waals surface area contributed by atoms with Crippen LogP contribution >= 0.6 is 11.3 Å². The van der Waals surface area contributed by atoms with Crippen LogP contribution in [0.5, 0.6) is 5.75 Å². The Hall–Kier alpha value is -3.93. The van der Waals surface area contributed by atoms with Gasteiger partial charge in [-0.1, -0.05) is 0 Å². The number of thiophene rings is 1. The molecule has 1 aliphatic rings. The molecule has 2 heterocycles. The number of hydrogen-bond acceptors (Lipinski definition) is 7. The number of carbonyl (C=O) groups is 4. The number of nitrogens with one attached hydrogen (secondary N) is 3. The normalized spacial score (nSPS) is 14.1. The molecule has 1 aromatic carbocycles. The molecule has 174 valence electrons. The first kappa shape index (κ1) is 23.7. The van der Waals surface area contributed by atoms with Crippen molar-refractivity contribution in [2.75, 3.05) is 5.32 Å². The molecular formula is C21H22N4O7S. The molecule has 1 unspecified atom stereocenters. The van der Waals surface area contributed by atoms with Crippen LogP contribution < -0.4 is 21.1 Å². The van der Waals surface area contributed by atoms with Gasteiger partial charge in [0.1, 0.15) is 11.8 Å². The third-order valence-electron chi connectivity index (χ3n) is 4.88.